The Morgan fingerprint density at radius 1 is 1.00 bits per heavy atom. The molecule has 0 unspecified atom stereocenters. The molecule has 3 rings (SSSR count). The molecule has 2 fully saturated rings. The lowest BCUT2D eigenvalue weighted by Gasteiger charge is -2.37. The van der Waals surface area contributed by atoms with Gasteiger partial charge in [-0.3, -0.25) is 4.39 Å². The van der Waals surface area contributed by atoms with E-state index in [2.05, 4.69) is 0 Å². The molecule has 1 saturated heterocycles. The van der Waals surface area contributed by atoms with Gasteiger partial charge in [-0.15, -0.1) is 0 Å². The minimum Gasteiger partial charge on any atom is -0.251 e. The molecule has 0 bridgehead atoms. The van der Waals surface area contributed by atoms with Crippen molar-refractivity contribution in [1.29, 1.82) is 0 Å². The van der Waals surface area contributed by atoms with Crippen molar-refractivity contribution < 1.29 is 8.78 Å². The van der Waals surface area contributed by atoms with E-state index >= 15 is 0 Å². The second kappa shape index (κ2) is 8.80. The van der Waals surface area contributed by atoms with Gasteiger partial charge in [0.05, 0.1) is 11.7 Å². The van der Waals surface area contributed by atoms with Crippen molar-refractivity contribution in [2.45, 2.75) is 69.0 Å². The zero-order valence-electron chi connectivity index (χ0n) is 14.5. The zero-order chi connectivity index (χ0) is 16.9. The van der Waals surface area contributed by atoms with Gasteiger partial charge in [-0.05, 0) is 67.6 Å². The van der Waals surface area contributed by atoms with Gasteiger partial charge < -0.3 is 0 Å². The first-order chi connectivity index (χ1) is 11.7. The normalized spacial score (nSPS) is 31.1. The highest BCUT2D eigenvalue weighted by atomic mass is 35.5. The topological polar surface area (TPSA) is 0 Å². The van der Waals surface area contributed by atoms with Gasteiger partial charge in [0.15, 0.2) is 0 Å². The van der Waals surface area contributed by atoms with Gasteiger partial charge in [-0.1, -0.05) is 48.6 Å². The molecule has 134 valence electrons. The van der Waals surface area contributed by atoms with E-state index < -0.39 is 8.80 Å². The van der Waals surface area contributed by atoms with E-state index in [1.807, 2.05) is 6.07 Å². The minimum absolute atomic E-state index is 0.123. The summed E-state index contributed by atoms with van der Waals surface area (Å²) in [6.45, 7) is -0.123. The van der Waals surface area contributed by atoms with Crippen LogP contribution in [0.4, 0.5) is 8.78 Å². The van der Waals surface area contributed by atoms with Crippen LogP contribution in [0.3, 0.4) is 0 Å². The number of halogens is 3. The Morgan fingerprint density at radius 2 is 1.67 bits per heavy atom. The van der Waals surface area contributed by atoms with Crippen LogP contribution in [0.15, 0.2) is 18.2 Å². The molecule has 1 saturated carbocycles. The molecule has 0 amide bonds. The van der Waals surface area contributed by atoms with Gasteiger partial charge >= 0.3 is 0 Å². The van der Waals surface area contributed by atoms with Crippen LogP contribution in [0.5, 0.6) is 0 Å². The van der Waals surface area contributed by atoms with Crippen molar-refractivity contribution in [3.05, 3.63) is 34.6 Å². The molecule has 0 aromatic heterocycles. The molecule has 4 heteroatoms. The maximum absolute atomic E-state index is 13.7. The lowest BCUT2D eigenvalue weighted by molar-refractivity contribution is 0.216. The van der Waals surface area contributed by atoms with Gasteiger partial charge in [0.25, 0.3) is 0 Å². The minimum atomic E-state index is -0.603. The average Bonchev–Trinajstić information content (AvgIpc) is 2.63. The van der Waals surface area contributed by atoms with E-state index in [1.54, 1.807) is 12.1 Å². The van der Waals surface area contributed by atoms with Gasteiger partial charge in [-0.25, -0.2) is 4.39 Å². The predicted octanol–water partition coefficient (Wildman–Crippen LogP) is 6.75. The lowest BCUT2D eigenvalue weighted by Crippen LogP contribution is -2.28. The van der Waals surface area contributed by atoms with Crippen LogP contribution in [0.1, 0.15) is 56.4 Å². The van der Waals surface area contributed by atoms with E-state index in [-0.39, 0.29) is 17.5 Å². The van der Waals surface area contributed by atoms with Crippen molar-refractivity contribution in [1.82, 2.24) is 0 Å². The van der Waals surface area contributed by atoms with Crippen LogP contribution in [0.25, 0.3) is 0 Å². The molecule has 0 atom stereocenters. The van der Waals surface area contributed by atoms with Crippen LogP contribution in [0, 0.1) is 17.7 Å². The molecule has 0 N–H and O–H groups in total. The van der Waals surface area contributed by atoms with E-state index in [9.17, 15) is 8.78 Å². The van der Waals surface area contributed by atoms with Crippen molar-refractivity contribution in [2.24, 2.45) is 11.8 Å². The first-order valence-electron chi connectivity index (χ1n) is 9.68. The SMILES string of the molecule is FCCC[SiH]1CCC(C2CCC(c3ccc(Cl)c(F)c3)CC2)CC1. The van der Waals surface area contributed by atoms with E-state index in [4.69, 9.17) is 11.6 Å². The number of hydrogen-bond acceptors (Lipinski definition) is 0. The summed E-state index contributed by atoms with van der Waals surface area (Å²) in [5, 5.41) is 0.223. The summed E-state index contributed by atoms with van der Waals surface area (Å²) in [6, 6.07) is 9.42. The summed E-state index contributed by atoms with van der Waals surface area (Å²) in [6.07, 6.45) is 8.55. The summed E-state index contributed by atoms with van der Waals surface area (Å²) >= 11 is 5.80. The third-order valence-corrected chi connectivity index (χ3v) is 10.3. The number of hydrogen-bond donors (Lipinski definition) is 0. The van der Waals surface area contributed by atoms with Gasteiger partial charge in [-0.2, -0.15) is 0 Å². The van der Waals surface area contributed by atoms with Gasteiger partial charge in [0, 0.05) is 8.80 Å². The highest BCUT2D eigenvalue weighted by molar-refractivity contribution is 6.58. The van der Waals surface area contributed by atoms with Crippen molar-refractivity contribution in [3.63, 3.8) is 0 Å². The highest BCUT2D eigenvalue weighted by Gasteiger charge is 2.31. The second-order valence-corrected chi connectivity index (χ2v) is 11.8. The van der Waals surface area contributed by atoms with Crippen LogP contribution in [-0.2, 0) is 0 Å². The van der Waals surface area contributed by atoms with E-state index in [0.717, 1.165) is 23.8 Å². The molecule has 24 heavy (non-hydrogen) atoms. The predicted molar refractivity (Wildman–Crippen MR) is 101 cm³/mol. The number of benzene rings is 1. The van der Waals surface area contributed by atoms with Crippen molar-refractivity contribution >= 4 is 20.4 Å². The molecule has 1 aliphatic carbocycles. The Balaban J connectivity index is 1.46. The Labute approximate surface area is 151 Å². The highest BCUT2D eigenvalue weighted by Crippen LogP contribution is 2.43. The first-order valence-corrected chi connectivity index (χ1v) is 12.5. The molecule has 2 aliphatic rings. The third kappa shape index (κ3) is 4.60. The van der Waals surface area contributed by atoms with Crippen LogP contribution in [-0.4, -0.2) is 15.5 Å². The fourth-order valence-corrected chi connectivity index (χ4v) is 8.52. The molecule has 0 spiro atoms. The van der Waals surface area contributed by atoms with Crippen LogP contribution in [0.2, 0.25) is 23.2 Å². The summed E-state index contributed by atoms with van der Waals surface area (Å²) in [7, 11) is -0.603. The quantitative estimate of drug-likeness (QED) is 0.503. The Bertz CT molecular complexity index is 520. The maximum atomic E-state index is 13.7. The smallest absolute Gasteiger partial charge is 0.142 e. The largest absolute Gasteiger partial charge is 0.251 e. The monoisotopic (exact) mass is 370 g/mol. The second-order valence-electron chi connectivity index (χ2n) is 7.90. The third-order valence-electron chi connectivity index (χ3n) is 6.49. The molecule has 1 aliphatic heterocycles. The van der Waals surface area contributed by atoms with E-state index in [1.165, 1.54) is 56.7 Å². The maximum Gasteiger partial charge on any atom is 0.142 e. The zero-order valence-corrected chi connectivity index (χ0v) is 16.4. The molecule has 1 aromatic rings. The fraction of sp³-hybridized carbons (Fsp3) is 0.700. The number of alkyl halides is 1. The van der Waals surface area contributed by atoms with Gasteiger partial charge in [0.1, 0.15) is 5.82 Å². The fourth-order valence-electron chi connectivity index (χ4n) is 5.00. The molecule has 1 heterocycles. The standard InChI is InChI=1S/C20H29ClF2Si/c21-19-7-6-18(14-20(19)23)16-4-2-15(3-5-16)17-8-12-24(13-9-17)11-1-10-22/h6-7,14-17,24H,1-5,8-13H2. The lowest BCUT2D eigenvalue weighted by atomic mass is 9.72. The Morgan fingerprint density at radius 3 is 2.29 bits per heavy atom. The Hall–Kier alpha value is -0.413. The van der Waals surface area contributed by atoms with Crippen LogP contribution < -0.4 is 0 Å². The molecule has 0 radical (unpaired) electrons. The first kappa shape index (κ1) is 18.4. The summed E-state index contributed by atoms with van der Waals surface area (Å²) in [5.41, 5.74) is 1.12. The van der Waals surface area contributed by atoms with Gasteiger partial charge in [0.2, 0.25) is 0 Å². The Kier molecular flexibility index (Phi) is 6.74. The summed E-state index contributed by atoms with van der Waals surface area (Å²) in [5.74, 6) is 1.99. The van der Waals surface area contributed by atoms with E-state index in [0.29, 0.717) is 5.92 Å². The number of rotatable bonds is 5. The van der Waals surface area contributed by atoms with Crippen molar-refractivity contribution in [2.75, 3.05) is 6.67 Å². The van der Waals surface area contributed by atoms with Crippen LogP contribution >= 0.6 is 11.6 Å². The molecule has 1 aromatic carbocycles. The average molecular weight is 371 g/mol. The molecular formula is C20H29ClF2Si. The molecule has 0 nitrogen and oxygen atoms in total. The van der Waals surface area contributed by atoms with Crippen molar-refractivity contribution in [3.8, 4) is 0 Å². The molecular weight excluding hydrogens is 342 g/mol. The summed E-state index contributed by atoms with van der Waals surface area (Å²) in [4.78, 5) is 0. The summed E-state index contributed by atoms with van der Waals surface area (Å²) < 4.78 is 26.0.